The molecule has 0 heterocycles. The Morgan fingerprint density at radius 3 is 2.75 bits per heavy atom. The van der Waals surface area contributed by atoms with Gasteiger partial charge in [-0.05, 0) is 37.3 Å². The third kappa shape index (κ3) is 2.86. The van der Waals surface area contributed by atoms with Crippen molar-refractivity contribution in [1.82, 2.24) is 0 Å². The van der Waals surface area contributed by atoms with E-state index in [9.17, 15) is 9.90 Å². The Morgan fingerprint density at radius 1 is 1.30 bits per heavy atom. The number of rotatable bonds is 3. The predicted molar refractivity (Wildman–Crippen MR) is 78.8 cm³/mol. The molecule has 0 aliphatic heterocycles. The minimum Gasteiger partial charge on any atom is -0.508 e. The molecule has 0 bridgehead atoms. The number of hydrogen-bond acceptors (Lipinski definition) is 3. The van der Waals surface area contributed by atoms with Crippen LogP contribution in [0.4, 0.5) is 5.69 Å². The van der Waals surface area contributed by atoms with Crippen LogP contribution in [0.5, 0.6) is 11.5 Å². The minimum absolute atomic E-state index is 0.0794. The molecule has 1 amide bonds. The van der Waals surface area contributed by atoms with Crippen LogP contribution in [0.2, 0.25) is 5.02 Å². The van der Waals surface area contributed by atoms with Gasteiger partial charge in [-0.3, -0.25) is 4.79 Å². The Morgan fingerprint density at radius 2 is 2.05 bits per heavy atom. The van der Waals surface area contributed by atoms with Crippen LogP contribution >= 0.6 is 11.6 Å². The fraction of sp³-hybridized carbons (Fsp3) is 0.133. The number of carbonyl (C=O) groups is 1. The topological polar surface area (TPSA) is 58.6 Å². The quantitative estimate of drug-likeness (QED) is 0.908. The van der Waals surface area contributed by atoms with Crippen LogP contribution in [0.1, 0.15) is 15.9 Å². The van der Waals surface area contributed by atoms with Crippen molar-refractivity contribution in [3.8, 4) is 11.5 Å². The molecule has 2 aromatic rings. The summed E-state index contributed by atoms with van der Waals surface area (Å²) in [6.07, 6.45) is 0. The average molecular weight is 292 g/mol. The number of phenolic OH excluding ortho intramolecular Hbond substituents is 1. The fourth-order valence-corrected chi connectivity index (χ4v) is 2.01. The smallest absolute Gasteiger partial charge is 0.256 e. The molecular weight excluding hydrogens is 278 g/mol. The van der Waals surface area contributed by atoms with E-state index in [-0.39, 0.29) is 11.7 Å². The lowest BCUT2D eigenvalue weighted by atomic mass is 10.1. The summed E-state index contributed by atoms with van der Waals surface area (Å²) in [6.45, 7) is 1.68. The third-order valence-corrected chi connectivity index (χ3v) is 3.19. The van der Waals surface area contributed by atoms with Gasteiger partial charge in [0.05, 0.1) is 12.8 Å². The van der Waals surface area contributed by atoms with Gasteiger partial charge >= 0.3 is 0 Å². The number of halogens is 1. The molecule has 0 fully saturated rings. The maximum absolute atomic E-state index is 12.2. The van der Waals surface area contributed by atoms with E-state index in [0.29, 0.717) is 27.6 Å². The summed E-state index contributed by atoms with van der Waals surface area (Å²) in [5.41, 5.74) is 1.39. The molecule has 0 aliphatic rings. The molecule has 0 radical (unpaired) electrons. The molecule has 20 heavy (non-hydrogen) atoms. The standard InChI is InChI=1S/C15H14ClNO3/c1-9-11(4-3-5-13(9)18)15(19)17-12-8-10(16)6-7-14(12)20-2/h3-8,18H,1-2H3,(H,17,19). The maximum Gasteiger partial charge on any atom is 0.256 e. The fourth-order valence-electron chi connectivity index (χ4n) is 1.84. The molecular formula is C15H14ClNO3. The van der Waals surface area contributed by atoms with E-state index in [0.717, 1.165) is 0 Å². The van der Waals surface area contributed by atoms with Gasteiger partial charge in [0.1, 0.15) is 11.5 Å². The number of anilines is 1. The summed E-state index contributed by atoms with van der Waals surface area (Å²) in [5, 5.41) is 12.9. The maximum atomic E-state index is 12.2. The van der Waals surface area contributed by atoms with Gasteiger partial charge in [0.25, 0.3) is 5.91 Å². The first-order valence-corrected chi connectivity index (χ1v) is 6.34. The van der Waals surface area contributed by atoms with Crippen molar-refractivity contribution in [3.05, 3.63) is 52.5 Å². The lowest BCUT2D eigenvalue weighted by Gasteiger charge is -2.12. The highest BCUT2D eigenvalue weighted by Crippen LogP contribution is 2.29. The molecule has 0 atom stereocenters. The van der Waals surface area contributed by atoms with E-state index >= 15 is 0 Å². The predicted octanol–water partition coefficient (Wildman–Crippen LogP) is 3.61. The molecule has 104 valence electrons. The number of amides is 1. The zero-order valence-corrected chi connectivity index (χ0v) is 11.9. The Bertz CT molecular complexity index is 656. The van der Waals surface area contributed by atoms with E-state index in [4.69, 9.17) is 16.3 Å². The van der Waals surface area contributed by atoms with Gasteiger partial charge in [0, 0.05) is 16.1 Å². The molecule has 2 N–H and O–H groups in total. The van der Waals surface area contributed by atoms with Crippen molar-refractivity contribution < 1.29 is 14.6 Å². The average Bonchev–Trinajstić information content (AvgIpc) is 2.42. The molecule has 0 aromatic heterocycles. The Hall–Kier alpha value is -2.20. The highest BCUT2D eigenvalue weighted by molar-refractivity contribution is 6.31. The Labute approximate surface area is 122 Å². The van der Waals surface area contributed by atoms with Crippen LogP contribution in [-0.2, 0) is 0 Å². The zero-order valence-electron chi connectivity index (χ0n) is 11.1. The van der Waals surface area contributed by atoms with Crippen molar-refractivity contribution >= 4 is 23.2 Å². The van der Waals surface area contributed by atoms with Crippen molar-refractivity contribution in [1.29, 1.82) is 0 Å². The van der Waals surface area contributed by atoms with Crippen LogP contribution in [0.3, 0.4) is 0 Å². The lowest BCUT2D eigenvalue weighted by molar-refractivity contribution is 0.102. The Balaban J connectivity index is 2.32. The number of phenols is 1. The van der Waals surface area contributed by atoms with E-state index in [2.05, 4.69) is 5.32 Å². The molecule has 0 saturated carbocycles. The van der Waals surface area contributed by atoms with E-state index in [1.54, 1.807) is 37.3 Å². The molecule has 0 aliphatic carbocycles. The highest BCUT2D eigenvalue weighted by Gasteiger charge is 2.14. The van der Waals surface area contributed by atoms with Crippen molar-refractivity contribution in [2.24, 2.45) is 0 Å². The van der Waals surface area contributed by atoms with Gasteiger partial charge in [0.15, 0.2) is 0 Å². The molecule has 2 aromatic carbocycles. The van der Waals surface area contributed by atoms with E-state index in [1.165, 1.54) is 13.2 Å². The Kier molecular flexibility index (Phi) is 4.15. The minimum atomic E-state index is -0.334. The number of nitrogens with one attached hydrogen (secondary N) is 1. The second-order valence-corrected chi connectivity index (χ2v) is 4.68. The first kappa shape index (κ1) is 14.2. The summed E-state index contributed by atoms with van der Waals surface area (Å²) >= 11 is 5.91. The molecule has 0 saturated heterocycles. The van der Waals surface area contributed by atoms with Crippen molar-refractivity contribution in [2.45, 2.75) is 6.92 Å². The van der Waals surface area contributed by atoms with Crippen LogP contribution in [0.15, 0.2) is 36.4 Å². The lowest BCUT2D eigenvalue weighted by Crippen LogP contribution is -2.14. The van der Waals surface area contributed by atoms with Gasteiger partial charge in [-0.2, -0.15) is 0 Å². The van der Waals surface area contributed by atoms with E-state index < -0.39 is 0 Å². The van der Waals surface area contributed by atoms with Crippen molar-refractivity contribution in [3.63, 3.8) is 0 Å². The second-order valence-electron chi connectivity index (χ2n) is 4.25. The zero-order chi connectivity index (χ0) is 14.7. The van der Waals surface area contributed by atoms with Crippen LogP contribution < -0.4 is 10.1 Å². The van der Waals surface area contributed by atoms with Crippen molar-refractivity contribution in [2.75, 3.05) is 12.4 Å². The molecule has 0 spiro atoms. The van der Waals surface area contributed by atoms with Gasteiger partial charge in [-0.1, -0.05) is 17.7 Å². The molecule has 2 rings (SSSR count). The SMILES string of the molecule is COc1ccc(Cl)cc1NC(=O)c1cccc(O)c1C. The molecule has 5 heteroatoms. The van der Waals surface area contributed by atoms with Gasteiger partial charge in [0.2, 0.25) is 0 Å². The van der Waals surface area contributed by atoms with Crippen LogP contribution in [-0.4, -0.2) is 18.1 Å². The van der Waals surface area contributed by atoms with Gasteiger partial charge in [-0.15, -0.1) is 0 Å². The summed E-state index contributed by atoms with van der Waals surface area (Å²) in [7, 11) is 1.51. The summed E-state index contributed by atoms with van der Waals surface area (Å²) in [5.74, 6) is 0.259. The largest absolute Gasteiger partial charge is 0.508 e. The summed E-state index contributed by atoms with van der Waals surface area (Å²) < 4.78 is 5.17. The summed E-state index contributed by atoms with van der Waals surface area (Å²) in [4.78, 5) is 12.2. The third-order valence-electron chi connectivity index (χ3n) is 2.96. The number of hydrogen-bond donors (Lipinski definition) is 2. The first-order chi connectivity index (χ1) is 9.52. The van der Waals surface area contributed by atoms with Crippen LogP contribution in [0, 0.1) is 6.92 Å². The number of benzene rings is 2. The highest BCUT2D eigenvalue weighted by atomic mass is 35.5. The molecule has 0 unspecified atom stereocenters. The number of ether oxygens (including phenoxy) is 1. The number of aromatic hydroxyl groups is 1. The van der Waals surface area contributed by atoms with Gasteiger partial charge < -0.3 is 15.2 Å². The summed E-state index contributed by atoms with van der Waals surface area (Å²) in [6, 6.07) is 9.75. The number of methoxy groups -OCH3 is 1. The first-order valence-electron chi connectivity index (χ1n) is 5.96. The van der Waals surface area contributed by atoms with Gasteiger partial charge in [-0.25, -0.2) is 0 Å². The normalized spacial score (nSPS) is 10.2. The monoisotopic (exact) mass is 291 g/mol. The number of carbonyl (C=O) groups excluding carboxylic acids is 1. The van der Waals surface area contributed by atoms with E-state index in [1.807, 2.05) is 0 Å². The van der Waals surface area contributed by atoms with Crippen LogP contribution in [0.25, 0.3) is 0 Å². The molecule has 4 nitrogen and oxygen atoms in total. The second kappa shape index (κ2) is 5.84.